The van der Waals surface area contributed by atoms with E-state index in [-0.39, 0.29) is 0 Å². The van der Waals surface area contributed by atoms with Crippen molar-refractivity contribution in [3.05, 3.63) is 170 Å². The molecule has 5 aromatic heterocycles. The summed E-state index contributed by atoms with van der Waals surface area (Å²) in [6.45, 7) is 0. The van der Waals surface area contributed by atoms with E-state index in [0.717, 1.165) is 105 Å². The van der Waals surface area contributed by atoms with E-state index in [4.69, 9.17) is 19.9 Å². The smallest absolute Gasteiger partial charge is 0.178 e. The van der Waals surface area contributed by atoms with Crippen LogP contribution in [0.4, 0.5) is 0 Å². The molecule has 0 aliphatic carbocycles. The molecule has 11 aromatic rings. The first-order valence-corrected chi connectivity index (χ1v) is 17.9. The number of nitrogens with zero attached hydrogens (tertiary/aromatic N) is 6. The van der Waals surface area contributed by atoms with Crippen molar-refractivity contribution in [1.29, 1.82) is 0 Å². The molecule has 0 spiro atoms. The highest BCUT2D eigenvalue weighted by Gasteiger charge is 2.14. The van der Waals surface area contributed by atoms with Crippen LogP contribution in [0.3, 0.4) is 0 Å². The predicted octanol–water partition coefficient (Wildman–Crippen LogP) is 11.6. The number of benzene rings is 6. The minimum Gasteiger partial charge on any atom is -0.254 e. The first kappa shape index (κ1) is 30.2. The number of hydrogen-bond donors (Lipinski definition) is 0. The summed E-state index contributed by atoms with van der Waals surface area (Å²) in [7, 11) is 0. The average Bonchev–Trinajstić information content (AvgIpc) is 3.25. The molecule has 0 atom stereocenters. The van der Waals surface area contributed by atoms with Gasteiger partial charge in [-0.3, -0.25) is 4.98 Å². The summed E-state index contributed by atoms with van der Waals surface area (Å²) >= 11 is 0. The first-order valence-electron chi connectivity index (χ1n) is 17.9. The largest absolute Gasteiger partial charge is 0.254 e. The Morgan fingerprint density at radius 3 is 1.81 bits per heavy atom. The minimum absolute atomic E-state index is 0.609. The van der Waals surface area contributed by atoms with Crippen LogP contribution < -0.4 is 0 Å². The number of hydrogen-bond acceptors (Lipinski definition) is 6. The lowest BCUT2D eigenvalue weighted by Gasteiger charge is -2.13. The Morgan fingerprint density at radius 2 is 0.944 bits per heavy atom. The Morgan fingerprint density at radius 1 is 0.333 bits per heavy atom. The molecule has 0 fully saturated rings. The van der Waals surface area contributed by atoms with Gasteiger partial charge in [0.1, 0.15) is 5.69 Å². The fourth-order valence-electron chi connectivity index (χ4n) is 7.59. The molecule has 0 bridgehead atoms. The van der Waals surface area contributed by atoms with Crippen molar-refractivity contribution < 1.29 is 0 Å². The van der Waals surface area contributed by atoms with Crippen LogP contribution >= 0.6 is 0 Å². The number of fused-ring (bicyclic) bond motifs is 7. The molecular formula is C48H28N6. The molecule has 0 radical (unpaired) electrons. The quantitative estimate of drug-likeness (QED) is 0.171. The molecule has 250 valence electrons. The molecular weight excluding hydrogens is 661 g/mol. The van der Waals surface area contributed by atoms with Crippen LogP contribution in [0.2, 0.25) is 0 Å². The van der Waals surface area contributed by atoms with Crippen molar-refractivity contribution in [3.8, 4) is 45.2 Å². The Balaban J connectivity index is 0.975. The second-order valence-corrected chi connectivity index (χ2v) is 13.6. The van der Waals surface area contributed by atoms with Crippen molar-refractivity contribution in [3.63, 3.8) is 0 Å². The van der Waals surface area contributed by atoms with Gasteiger partial charge in [0.05, 0.1) is 39.0 Å². The molecule has 0 amide bonds. The monoisotopic (exact) mass is 688 g/mol. The van der Waals surface area contributed by atoms with Gasteiger partial charge in [-0.2, -0.15) is 0 Å². The number of para-hydroxylation sites is 1. The molecule has 6 nitrogen and oxygen atoms in total. The van der Waals surface area contributed by atoms with Gasteiger partial charge in [-0.1, -0.05) is 115 Å². The molecule has 6 heteroatoms. The number of pyridine rings is 4. The minimum atomic E-state index is 0.609. The summed E-state index contributed by atoms with van der Waals surface area (Å²) in [6.07, 6.45) is 3.69. The summed E-state index contributed by atoms with van der Waals surface area (Å²) in [5, 5.41) is 7.61. The second-order valence-electron chi connectivity index (χ2n) is 13.6. The first-order chi connectivity index (χ1) is 26.7. The Labute approximate surface area is 309 Å². The maximum absolute atomic E-state index is 5.18. The highest BCUT2D eigenvalue weighted by Crippen LogP contribution is 2.37. The Bertz CT molecular complexity index is 3300. The maximum atomic E-state index is 5.18. The fourth-order valence-corrected chi connectivity index (χ4v) is 7.59. The van der Waals surface area contributed by atoms with Crippen LogP contribution in [0, 0.1) is 0 Å². The van der Waals surface area contributed by atoms with E-state index in [1.54, 1.807) is 0 Å². The van der Waals surface area contributed by atoms with Crippen LogP contribution in [0.5, 0.6) is 0 Å². The van der Waals surface area contributed by atoms with E-state index in [9.17, 15) is 0 Å². The Hall–Kier alpha value is -7.44. The van der Waals surface area contributed by atoms with Crippen LogP contribution in [0.15, 0.2) is 170 Å². The summed E-state index contributed by atoms with van der Waals surface area (Å²) in [6, 6.07) is 54.6. The van der Waals surface area contributed by atoms with Crippen LogP contribution in [-0.2, 0) is 0 Å². The van der Waals surface area contributed by atoms with Crippen LogP contribution in [0.25, 0.3) is 110 Å². The summed E-state index contributed by atoms with van der Waals surface area (Å²) < 4.78 is 0. The van der Waals surface area contributed by atoms with E-state index >= 15 is 0 Å². The lowest BCUT2D eigenvalue weighted by molar-refractivity contribution is 1.19. The van der Waals surface area contributed by atoms with Gasteiger partial charge in [-0.15, -0.1) is 0 Å². The molecule has 6 aromatic carbocycles. The van der Waals surface area contributed by atoms with E-state index in [2.05, 4.69) is 131 Å². The zero-order valence-corrected chi connectivity index (χ0v) is 28.8. The van der Waals surface area contributed by atoms with Crippen molar-refractivity contribution in [1.82, 2.24) is 29.9 Å². The summed E-state index contributed by atoms with van der Waals surface area (Å²) in [5.74, 6) is 0.609. The van der Waals surface area contributed by atoms with Crippen molar-refractivity contribution >= 4 is 65.3 Å². The van der Waals surface area contributed by atoms with Gasteiger partial charge in [-0.05, 0) is 64.4 Å². The molecule has 0 unspecified atom stereocenters. The molecule has 0 aliphatic rings. The molecule has 0 saturated heterocycles. The lowest BCUT2D eigenvalue weighted by Crippen LogP contribution is -1.93. The standard InChI is InChI=1S/C48H28N6/c1-4-10-40-35(6-1)28-50-48(54-40)43-24-18-30-12-16-34(27-45(30)52-43)41-22-17-29-11-15-33(26-44(29)51-41)36-20-21-39(38-9-3-2-8-37(36)38)42-23-19-32-14-13-31-7-5-25-49-46(31)47(32)53-42/h1-28H. The van der Waals surface area contributed by atoms with Gasteiger partial charge in [-0.25, -0.2) is 24.9 Å². The van der Waals surface area contributed by atoms with Gasteiger partial charge in [0, 0.05) is 50.5 Å². The molecule has 0 saturated carbocycles. The van der Waals surface area contributed by atoms with Gasteiger partial charge in [0.25, 0.3) is 0 Å². The highest BCUT2D eigenvalue weighted by molar-refractivity contribution is 6.07. The van der Waals surface area contributed by atoms with Crippen molar-refractivity contribution in [2.45, 2.75) is 0 Å². The topological polar surface area (TPSA) is 77.3 Å². The second kappa shape index (κ2) is 12.1. The number of rotatable bonds is 4. The zero-order valence-electron chi connectivity index (χ0n) is 28.8. The lowest BCUT2D eigenvalue weighted by atomic mass is 9.93. The molecule has 0 aliphatic heterocycles. The van der Waals surface area contributed by atoms with Gasteiger partial charge < -0.3 is 0 Å². The van der Waals surface area contributed by atoms with E-state index < -0.39 is 0 Å². The normalized spacial score (nSPS) is 11.7. The van der Waals surface area contributed by atoms with Crippen molar-refractivity contribution in [2.75, 3.05) is 0 Å². The van der Waals surface area contributed by atoms with Crippen LogP contribution in [-0.4, -0.2) is 29.9 Å². The predicted molar refractivity (Wildman–Crippen MR) is 220 cm³/mol. The third kappa shape index (κ3) is 5.04. The van der Waals surface area contributed by atoms with E-state index in [1.807, 2.05) is 48.8 Å². The highest BCUT2D eigenvalue weighted by atomic mass is 14.9. The molecule has 54 heavy (non-hydrogen) atoms. The van der Waals surface area contributed by atoms with E-state index in [0.29, 0.717) is 5.82 Å². The zero-order chi connectivity index (χ0) is 35.6. The van der Waals surface area contributed by atoms with Gasteiger partial charge >= 0.3 is 0 Å². The van der Waals surface area contributed by atoms with Gasteiger partial charge in [0.2, 0.25) is 0 Å². The molecule has 5 heterocycles. The summed E-state index contributed by atoms with van der Waals surface area (Å²) in [5.41, 5.74) is 11.4. The average molecular weight is 689 g/mol. The molecule has 11 rings (SSSR count). The molecule has 0 N–H and O–H groups in total. The SMILES string of the molecule is c1ccc2nc(-c3ccc4ccc(-c5ccc6ccc(-c7ccc(-c8ccc9ccc%10cccnc%10c9n8)c8ccccc78)cc6n5)cc4n3)ncc2c1. The van der Waals surface area contributed by atoms with Crippen molar-refractivity contribution in [2.24, 2.45) is 0 Å². The van der Waals surface area contributed by atoms with E-state index in [1.165, 1.54) is 0 Å². The van der Waals surface area contributed by atoms with Crippen LogP contribution in [0.1, 0.15) is 0 Å². The number of aromatic nitrogens is 6. The fraction of sp³-hybridized carbons (Fsp3) is 0. The Kier molecular flexibility index (Phi) is 6.75. The third-order valence-electron chi connectivity index (χ3n) is 10.3. The maximum Gasteiger partial charge on any atom is 0.178 e. The summed E-state index contributed by atoms with van der Waals surface area (Å²) in [4.78, 5) is 29.4. The third-order valence-corrected chi connectivity index (χ3v) is 10.3. The van der Waals surface area contributed by atoms with Gasteiger partial charge in [0.15, 0.2) is 5.82 Å².